The van der Waals surface area contributed by atoms with E-state index in [-0.39, 0.29) is 5.91 Å². The summed E-state index contributed by atoms with van der Waals surface area (Å²) in [4.78, 5) is 16.1. The Balaban J connectivity index is 4.17. The minimum Gasteiger partial charge on any atom is -0.394 e. The Labute approximate surface area is 127 Å². The molecule has 0 aliphatic heterocycles. The summed E-state index contributed by atoms with van der Waals surface area (Å²) in [6.07, 6.45) is 23.4. The molecule has 0 aromatic rings. The van der Waals surface area contributed by atoms with Gasteiger partial charge in [-0.05, 0) is 18.4 Å². The van der Waals surface area contributed by atoms with Gasteiger partial charge >= 0.3 is 0 Å². The molecule has 4 nitrogen and oxygen atoms in total. The first-order valence-electron chi connectivity index (χ1n) is 6.67. The molecule has 0 saturated heterocycles. The summed E-state index contributed by atoms with van der Waals surface area (Å²) in [6, 6.07) is 0. The molecule has 0 unspecified atom stereocenters. The highest BCUT2D eigenvalue weighted by Crippen LogP contribution is 1.91. The molecular formula is C17H24N3O+. The van der Waals surface area contributed by atoms with Gasteiger partial charge in [-0.25, -0.2) is 0 Å². The summed E-state index contributed by atoms with van der Waals surface area (Å²) in [5.41, 5.74) is 0. The van der Waals surface area contributed by atoms with Crippen molar-refractivity contribution in [3.8, 4) is 0 Å². The number of nitrogens with zero attached hydrogens (tertiary/aromatic N) is 1. The van der Waals surface area contributed by atoms with Crippen molar-refractivity contribution in [2.45, 2.75) is 0 Å². The van der Waals surface area contributed by atoms with Crippen molar-refractivity contribution in [1.82, 2.24) is 10.2 Å². The Morgan fingerprint density at radius 1 is 0.952 bits per heavy atom. The Bertz CT molecular complexity index is 480. The third-order valence-electron chi connectivity index (χ3n) is 2.20. The second kappa shape index (κ2) is 13.8. The maximum Gasteiger partial charge on any atom is 0.250 e. The van der Waals surface area contributed by atoms with Gasteiger partial charge in [-0.3, -0.25) is 9.79 Å². The van der Waals surface area contributed by atoms with Gasteiger partial charge < -0.3 is 10.2 Å². The van der Waals surface area contributed by atoms with Crippen LogP contribution < -0.4 is 10.3 Å². The topological polar surface area (TPSA) is 46.3 Å². The van der Waals surface area contributed by atoms with Gasteiger partial charge in [0.1, 0.15) is 7.05 Å². The number of allylic oxidation sites excluding steroid dienone is 9. The van der Waals surface area contributed by atoms with Crippen molar-refractivity contribution in [2.24, 2.45) is 0 Å². The van der Waals surface area contributed by atoms with Crippen LogP contribution in [0.4, 0.5) is 0 Å². The molecule has 0 heterocycles. The lowest BCUT2D eigenvalue weighted by molar-refractivity contribution is -0.413. The van der Waals surface area contributed by atoms with Crippen molar-refractivity contribution in [2.75, 3.05) is 21.1 Å². The van der Waals surface area contributed by atoms with E-state index in [1.807, 2.05) is 56.8 Å². The van der Waals surface area contributed by atoms with E-state index in [0.29, 0.717) is 0 Å². The average molecular weight is 286 g/mol. The minimum absolute atomic E-state index is 0.0824. The maximum atomic E-state index is 11.7. The number of hydrogen-bond acceptors (Lipinski definition) is 2. The first-order valence-corrected chi connectivity index (χ1v) is 6.67. The van der Waals surface area contributed by atoms with Crippen molar-refractivity contribution < 1.29 is 9.79 Å². The summed E-state index contributed by atoms with van der Waals surface area (Å²) in [6.45, 7) is 0. The maximum absolute atomic E-state index is 11.7. The Hall–Kier alpha value is -2.62. The molecule has 0 aliphatic carbocycles. The van der Waals surface area contributed by atoms with E-state index in [9.17, 15) is 4.79 Å². The van der Waals surface area contributed by atoms with Crippen LogP contribution in [0, 0.1) is 0 Å². The Morgan fingerprint density at radius 3 is 2.29 bits per heavy atom. The molecule has 1 amide bonds. The fraction of sp³-hybridized carbons (Fsp3) is 0.176. The number of carbonyl (C=O) groups is 1. The molecule has 0 spiro atoms. The summed E-state index contributed by atoms with van der Waals surface area (Å²) >= 11 is 0. The predicted octanol–water partition coefficient (Wildman–Crippen LogP) is 0.698. The van der Waals surface area contributed by atoms with Gasteiger partial charge in [0.2, 0.25) is 5.91 Å². The number of nitrogens with one attached hydrogen (secondary N) is 2. The second-order valence-corrected chi connectivity index (χ2v) is 3.91. The molecule has 0 saturated carbocycles. The van der Waals surface area contributed by atoms with E-state index in [1.54, 1.807) is 37.7 Å². The highest BCUT2D eigenvalue weighted by molar-refractivity contribution is 5.88. The molecule has 0 atom stereocenters. The highest BCUT2D eigenvalue weighted by Gasteiger charge is 1.97. The van der Waals surface area contributed by atoms with Gasteiger partial charge in [0, 0.05) is 32.4 Å². The monoisotopic (exact) mass is 286 g/mol. The number of rotatable bonds is 8. The summed E-state index contributed by atoms with van der Waals surface area (Å²) in [7, 11) is 5.38. The van der Waals surface area contributed by atoms with Gasteiger partial charge in [-0.15, -0.1) is 0 Å². The van der Waals surface area contributed by atoms with E-state index in [4.69, 9.17) is 0 Å². The van der Waals surface area contributed by atoms with E-state index in [1.165, 1.54) is 11.0 Å². The molecule has 0 aliphatic rings. The molecule has 0 aromatic carbocycles. The SMILES string of the molecule is CNC=CC=CC=CC(=O)N(C)C=CC=CC=CC=[NH+]C. The molecule has 21 heavy (non-hydrogen) atoms. The fourth-order valence-corrected chi connectivity index (χ4v) is 1.13. The quantitative estimate of drug-likeness (QED) is 0.392. The molecule has 112 valence electrons. The zero-order valence-electron chi connectivity index (χ0n) is 12.9. The van der Waals surface area contributed by atoms with E-state index in [2.05, 4.69) is 10.3 Å². The lowest BCUT2D eigenvalue weighted by Crippen LogP contribution is -2.62. The van der Waals surface area contributed by atoms with Crippen molar-refractivity contribution in [3.63, 3.8) is 0 Å². The third kappa shape index (κ3) is 12.2. The lowest BCUT2D eigenvalue weighted by atomic mass is 10.4. The molecule has 0 rings (SSSR count). The van der Waals surface area contributed by atoms with Gasteiger partial charge in [0.15, 0.2) is 6.21 Å². The average Bonchev–Trinajstić information content (AvgIpc) is 2.49. The van der Waals surface area contributed by atoms with Crippen LogP contribution >= 0.6 is 0 Å². The Morgan fingerprint density at radius 2 is 1.57 bits per heavy atom. The molecule has 0 aromatic heterocycles. The van der Waals surface area contributed by atoms with Crippen molar-refractivity contribution in [1.29, 1.82) is 0 Å². The van der Waals surface area contributed by atoms with Gasteiger partial charge in [-0.2, -0.15) is 0 Å². The first kappa shape index (κ1) is 18.4. The first-order chi connectivity index (χ1) is 10.2. The zero-order valence-corrected chi connectivity index (χ0v) is 12.9. The highest BCUT2D eigenvalue weighted by atomic mass is 16.2. The van der Waals surface area contributed by atoms with Crippen molar-refractivity contribution >= 4 is 12.1 Å². The van der Waals surface area contributed by atoms with Crippen LogP contribution in [0.25, 0.3) is 0 Å². The normalized spacial score (nSPS) is 13.3. The van der Waals surface area contributed by atoms with Crippen LogP contribution in [-0.4, -0.2) is 38.2 Å². The van der Waals surface area contributed by atoms with Crippen LogP contribution in [0.2, 0.25) is 0 Å². The second-order valence-electron chi connectivity index (χ2n) is 3.91. The zero-order chi connectivity index (χ0) is 15.8. The molecular weight excluding hydrogens is 262 g/mol. The Kier molecular flexibility index (Phi) is 12.1. The molecule has 2 N–H and O–H groups in total. The van der Waals surface area contributed by atoms with Crippen LogP contribution in [0.1, 0.15) is 0 Å². The van der Waals surface area contributed by atoms with E-state index in [0.717, 1.165) is 0 Å². The van der Waals surface area contributed by atoms with Crippen LogP contribution in [-0.2, 0) is 4.79 Å². The molecule has 0 radical (unpaired) electrons. The predicted molar refractivity (Wildman–Crippen MR) is 89.6 cm³/mol. The molecule has 4 heteroatoms. The van der Waals surface area contributed by atoms with Gasteiger partial charge in [-0.1, -0.05) is 36.5 Å². The largest absolute Gasteiger partial charge is 0.394 e. The smallest absolute Gasteiger partial charge is 0.250 e. The molecule has 0 fully saturated rings. The molecule has 0 bridgehead atoms. The standard InChI is InChI=1S/C17H23N3O/c1-18-14-10-6-4-8-12-16-20(3)17(21)13-9-5-7-11-15-19-2/h4-16,19H,1-3H3/p+1. The number of carbonyl (C=O) groups excluding carboxylic acids is 1. The number of hydrogen-bond donors (Lipinski definition) is 2. The number of amides is 1. The minimum atomic E-state index is -0.0824. The van der Waals surface area contributed by atoms with Crippen LogP contribution in [0.15, 0.2) is 73.2 Å². The van der Waals surface area contributed by atoms with Gasteiger partial charge in [0.05, 0.1) is 0 Å². The van der Waals surface area contributed by atoms with Crippen molar-refractivity contribution in [3.05, 3.63) is 73.2 Å². The van der Waals surface area contributed by atoms with E-state index < -0.39 is 0 Å². The fourth-order valence-electron chi connectivity index (χ4n) is 1.13. The van der Waals surface area contributed by atoms with Gasteiger partial charge in [0.25, 0.3) is 0 Å². The summed E-state index contributed by atoms with van der Waals surface area (Å²) in [5.74, 6) is -0.0824. The summed E-state index contributed by atoms with van der Waals surface area (Å²) < 4.78 is 0. The van der Waals surface area contributed by atoms with Crippen LogP contribution in [0.3, 0.4) is 0 Å². The van der Waals surface area contributed by atoms with E-state index >= 15 is 0 Å². The van der Waals surface area contributed by atoms with Crippen LogP contribution in [0.5, 0.6) is 0 Å². The third-order valence-corrected chi connectivity index (χ3v) is 2.20. The lowest BCUT2D eigenvalue weighted by Gasteiger charge is -2.07. The summed E-state index contributed by atoms with van der Waals surface area (Å²) in [5, 5.41) is 2.87. The number of likely N-dealkylation sites (N-methyl/N-ethyl adjacent to an activating group) is 1.